The van der Waals surface area contributed by atoms with Crippen molar-refractivity contribution >= 4 is 0 Å². The van der Waals surface area contributed by atoms with Crippen LogP contribution in [-0.4, -0.2) is 22.9 Å². The molecule has 66 valence electrons. The first-order valence-electron chi connectivity index (χ1n) is 4.11. The van der Waals surface area contributed by atoms with Crippen LogP contribution >= 0.6 is 0 Å². The maximum atomic E-state index is 9.55. The lowest BCUT2D eigenvalue weighted by Crippen LogP contribution is -2.21. The average Bonchev–Trinajstić information content (AvgIpc) is 2.59. The molecule has 0 saturated carbocycles. The summed E-state index contributed by atoms with van der Waals surface area (Å²) in [6, 6.07) is 0.0104. The largest absolute Gasteiger partial charge is 0.391 e. The first-order chi connectivity index (χ1) is 5.79. The van der Waals surface area contributed by atoms with Crippen molar-refractivity contribution in [1.82, 2.24) is 10.5 Å². The fourth-order valence-corrected chi connectivity index (χ4v) is 1.61. The summed E-state index contributed by atoms with van der Waals surface area (Å²) in [4.78, 5) is 0. The van der Waals surface area contributed by atoms with E-state index in [1.807, 2.05) is 6.92 Å². The smallest absolute Gasteiger partial charge is 0.128 e. The number of aromatic nitrogens is 1. The molecule has 1 aromatic heterocycles. The van der Waals surface area contributed by atoms with E-state index >= 15 is 0 Å². The predicted octanol–water partition coefficient (Wildman–Crippen LogP) is 0.378. The quantitative estimate of drug-likeness (QED) is 0.636. The summed E-state index contributed by atoms with van der Waals surface area (Å²) in [7, 11) is 0. The van der Waals surface area contributed by atoms with Crippen molar-refractivity contribution in [3.05, 3.63) is 17.5 Å². The van der Waals surface area contributed by atoms with Crippen molar-refractivity contribution in [2.75, 3.05) is 6.54 Å². The van der Waals surface area contributed by atoms with Crippen LogP contribution in [0.4, 0.5) is 0 Å². The molecule has 2 atom stereocenters. The molecule has 2 N–H and O–H groups in total. The zero-order valence-electron chi connectivity index (χ0n) is 6.95. The number of hydrogen-bond donors (Lipinski definition) is 2. The van der Waals surface area contributed by atoms with E-state index in [4.69, 9.17) is 4.52 Å². The molecular weight excluding hydrogens is 156 g/mol. The number of nitrogens with zero attached hydrogens (tertiary/aromatic N) is 1. The number of nitrogens with one attached hydrogen (secondary N) is 1. The number of aryl methyl sites for hydroxylation is 1. The first kappa shape index (κ1) is 7.76. The number of rotatable bonds is 1. The van der Waals surface area contributed by atoms with Gasteiger partial charge < -0.3 is 14.9 Å². The summed E-state index contributed by atoms with van der Waals surface area (Å²) in [5.74, 6) is 0. The summed E-state index contributed by atoms with van der Waals surface area (Å²) in [5.41, 5.74) is 1.83. The molecule has 2 unspecified atom stereocenters. The van der Waals surface area contributed by atoms with Crippen molar-refractivity contribution in [2.45, 2.75) is 25.5 Å². The van der Waals surface area contributed by atoms with Crippen LogP contribution in [0, 0.1) is 6.92 Å². The van der Waals surface area contributed by atoms with Gasteiger partial charge in [-0.2, -0.15) is 0 Å². The van der Waals surface area contributed by atoms with Gasteiger partial charge in [0.1, 0.15) is 6.26 Å². The Morgan fingerprint density at radius 2 is 2.58 bits per heavy atom. The fraction of sp³-hybridized carbons (Fsp3) is 0.625. The molecule has 0 aliphatic carbocycles. The van der Waals surface area contributed by atoms with Crippen LogP contribution in [-0.2, 0) is 0 Å². The Hall–Kier alpha value is -0.870. The summed E-state index contributed by atoms with van der Waals surface area (Å²) < 4.78 is 4.80. The second-order valence-corrected chi connectivity index (χ2v) is 3.14. The molecule has 0 aromatic carbocycles. The molecule has 1 aromatic rings. The van der Waals surface area contributed by atoms with E-state index in [0.29, 0.717) is 0 Å². The topological polar surface area (TPSA) is 58.3 Å². The van der Waals surface area contributed by atoms with Gasteiger partial charge in [0.2, 0.25) is 0 Å². The molecule has 12 heavy (non-hydrogen) atoms. The molecule has 1 fully saturated rings. The van der Waals surface area contributed by atoms with Crippen LogP contribution in [0.2, 0.25) is 0 Å². The van der Waals surface area contributed by atoms with E-state index < -0.39 is 0 Å². The maximum absolute atomic E-state index is 9.55. The van der Waals surface area contributed by atoms with Gasteiger partial charge in [0.05, 0.1) is 17.8 Å². The minimum absolute atomic E-state index is 0.0104. The van der Waals surface area contributed by atoms with Crippen LogP contribution < -0.4 is 5.32 Å². The van der Waals surface area contributed by atoms with Crippen LogP contribution in [0.25, 0.3) is 0 Å². The first-order valence-corrected chi connectivity index (χ1v) is 4.11. The van der Waals surface area contributed by atoms with Gasteiger partial charge in [-0.1, -0.05) is 5.16 Å². The summed E-state index contributed by atoms with van der Waals surface area (Å²) in [5, 5.41) is 16.5. The molecule has 2 heterocycles. The molecule has 1 aliphatic rings. The van der Waals surface area contributed by atoms with Crippen LogP contribution in [0.1, 0.15) is 23.7 Å². The molecule has 0 spiro atoms. The molecule has 4 heteroatoms. The van der Waals surface area contributed by atoms with Crippen molar-refractivity contribution in [1.29, 1.82) is 0 Å². The van der Waals surface area contributed by atoms with E-state index in [-0.39, 0.29) is 12.1 Å². The third-order valence-corrected chi connectivity index (χ3v) is 2.31. The molecule has 0 bridgehead atoms. The van der Waals surface area contributed by atoms with Gasteiger partial charge in [-0.15, -0.1) is 0 Å². The monoisotopic (exact) mass is 168 g/mol. The van der Waals surface area contributed by atoms with E-state index in [2.05, 4.69) is 10.5 Å². The number of aliphatic hydroxyl groups excluding tert-OH is 1. The highest BCUT2D eigenvalue weighted by Gasteiger charge is 2.28. The van der Waals surface area contributed by atoms with Gasteiger partial charge in [0, 0.05) is 5.56 Å². The van der Waals surface area contributed by atoms with Gasteiger partial charge >= 0.3 is 0 Å². The van der Waals surface area contributed by atoms with Crippen molar-refractivity contribution in [3.8, 4) is 0 Å². The highest BCUT2D eigenvalue weighted by Crippen LogP contribution is 2.25. The summed E-state index contributed by atoms with van der Waals surface area (Å²) >= 11 is 0. The third kappa shape index (κ3) is 1.13. The normalized spacial score (nSPS) is 29.5. The van der Waals surface area contributed by atoms with Crippen molar-refractivity contribution < 1.29 is 9.63 Å². The van der Waals surface area contributed by atoms with Crippen LogP contribution in [0.3, 0.4) is 0 Å². The van der Waals surface area contributed by atoms with E-state index in [1.165, 1.54) is 0 Å². The highest BCUT2D eigenvalue weighted by atomic mass is 16.5. The highest BCUT2D eigenvalue weighted by molar-refractivity contribution is 5.20. The lowest BCUT2D eigenvalue weighted by atomic mass is 10.0. The van der Waals surface area contributed by atoms with Crippen LogP contribution in [0.5, 0.6) is 0 Å². The van der Waals surface area contributed by atoms with Crippen molar-refractivity contribution in [2.24, 2.45) is 0 Å². The molecule has 2 rings (SSSR count). The second kappa shape index (κ2) is 2.88. The Kier molecular flexibility index (Phi) is 1.86. The zero-order chi connectivity index (χ0) is 8.55. The lowest BCUT2D eigenvalue weighted by Gasteiger charge is -2.12. The number of hydrogen-bond acceptors (Lipinski definition) is 4. The number of aliphatic hydroxyl groups is 1. The Balaban J connectivity index is 2.24. The van der Waals surface area contributed by atoms with E-state index in [0.717, 1.165) is 24.2 Å². The maximum Gasteiger partial charge on any atom is 0.128 e. The van der Waals surface area contributed by atoms with Gasteiger partial charge in [-0.25, -0.2) is 0 Å². The Morgan fingerprint density at radius 1 is 1.75 bits per heavy atom. The minimum atomic E-state index is -0.303. The fourth-order valence-electron chi connectivity index (χ4n) is 1.61. The molecule has 4 nitrogen and oxygen atoms in total. The molecule has 1 aliphatic heterocycles. The molecule has 0 radical (unpaired) electrons. The minimum Gasteiger partial charge on any atom is -0.391 e. The average molecular weight is 168 g/mol. The standard InChI is InChI=1S/C8H12N2O2/c1-5-6(4-12-10-5)8-7(11)2-3-9-8/h4,7-9,11H,2-3H2,1H3. The third-order valence-electron chi connectivity index (χ3n) is 2.31. The van der Waals surface area contributed by atoms with Crippen LogP contribution in [0.15, 0.2) is 10.8 Å². The Labute approximate surface area is 70.6 Å². The molecule has 0 amide bonds. The molecule has 1 saturated heterocycles. The van der Waals surface area contributed by atoms with Crippen molar-refractivity contribution in [3.63, 3.8) is 0 Å². The Morgan fingerprint density at radius 3 is 3.08 bits per heavy atom. The van der Waals surface area contributed by atoms with E-state index in [9.17, 15) is 5.11 Å². The van der Waals surface area contributed by atoms with Gasteiger partial charge in [0.25, 0.3) is 0 Å². The van der Waals surface area contributed by atoms with E-state index in [1.54, 1.807) is 6.26 Å². The zero-order valence-corrected chi connectivity index (χ0v) is 6.95. The SMILES string of the molecule is Cc1nocc1C1NCCC1O. The summed E-state index contributed by atoms with van der Waals surface area (Å²) in [6.07, 6.45) is 2.10. The van der Waals surface area contributed by atoms with Gasteiger partial charge in [0.15, 0.2) is 0 Å². The molecular formula is C8H12N2O2. The predicted molar refractivity (Wildman–Crippen MR) is 42.6 cm³/mol. The lowest BCUT2D eigenvalue weighted by molar-refractivity contribution is 0.159. The second-order valence-electron chi connectivity index (χ2n) is 3.14. The summed E-state index contributed by atoms with van der Waals surface area (Å²) in [6.45, 7) is 2.74. The van der Waals surface area contributed by atoms with Gasteiger partial charge in [-0.05, 0) is 19.9 Å². The van der Waals surface area contributed by atoms with Gasteiger partial charge in [-0.3, -0.25) is 0 Å². The Bertz CT molecular complexity index is 272.